The lowest BCUT2D eigenvalue weighted by Gasteiger charge is -2.36. The summed E-state index contributed by atoms with van der Waals surface area (Å²) >= 11 is 0. The zero-order valence-corrected chi connectivity index (χ0v) is 29.8. The van der Waals surface area contributed by atoms with Crippen LogP contribution in [0.4, 0.5) is 0 Å². The molecule has 3 aliphatic heterocycles. The fourth-order valence-electron chi connectivity index (χ4n) is 9.92. The molecule has 7 atom stereocenters. The highest BCUT2D eigenvalue weighted by molar-refractivity contribution is 5.87. The maximum atomic E-state index is 14.0. The van der Waals surface area contributed by atoms with Gasteiger partial charge in [-0.15, -0.1) is 0 Å². The van der Waals surface area contributed by atoms with Crippen molar-refractivity contribution < 1.29 is 9.59 Å². The monoisotopic (exact) mass is 688 g/mol. The van der Waals surface area contributed by atoms with E-state index in [4.69, 9.17) is 9.97 Å². The number of imidazole rings is 2. The standard InChI is InChI=1S/C44H44N6O2/c1-25-8-16-33-18-21-39(49(33)43(25)51)41-45-35-19-14-30(23-37(35)47-41)28-9-11-29(12-10-28)31-15-20-36-38(24-31)48-42(46-36)40-32-13-17-34(22-32)50(40)44(52)26(2)27-6-4-3-5-7-27/h3-7,9-12,14-15,19-20,23-26,32-34,39-40H,8,13,16-18,21-22H2,1-2H3,(H,45,47)(H,46,48)/t25-,26+,32+,33-,34+,39-,40?/m0/s1. The molecule has 8 heteroatoms. The Morgan fingerprint density at radius 3 is 2.00 bits per heavy atom. The Morgan fingerprint density at radius 2 is 1.31 bits per heavy atom. The van der Waals surface area contributed by atoms with Crippen LogP contribution in [0.25, 0.3) is 44.3 Å². The van der Waals surface area contributed by atoms with Gasteiger partial charge in [-0.2, -0.15) is 0 Å². The molecule has 262 valence electrons. The van der Waals surface area contributed by atoms with Gasteiger partial charge in [-0.25, -0.2) is 9.97 Å². The number of fused-ring (bicyclic) bond motifs is 5. The molecule has 1 aliphatic carbocycles. The van der Waals surface area contributed by atoms with Gasteiger partial charge in [0.05, 0.1) is 40.1 Å². The number of hydrogen-bond donors (Lipinski definition) is 2. The first-order chi connectivity index (χ1) is 25.4. The average molecular weight is 689 g/mol. The number of likely N-dealkylation sites (tertiary alicyclic amines) is 1. The van der Waals surface area contributed by atoms with E-state index in [0.29, 0.717) is 12.0 Å². The lowest BCUT2D eigenvalue weighted by Crippen LogP contribution is -2.44. The molecular formula is C44H44N6O2. The molecule has 0 spiro atoms. The Hall–Kier alpha value is -5.24. The molecule has 2 N–H and O–H groups in total. The average Bonchev–Trinajstić information content (AvgIpc) is 4.03. The predicted molar refractivity (Wildman–Crippen MR) is 203 cm³/mol. The normalized spacial score (nSPS) is 26.1. The maximum Gasteiger partial charge on any atom is 0.230 e. The highest BCUT2D eigenvalue weighted by Crippen LogP contribution is 2.51. The van der Waals surface area contributed by atoms with Gasteiger partial charge in [-0.05, 0) is 110 Å². The fourth-order valence-corrected chi connectivity index (χ4v) is 9.92. The Labute approximate surface area is 303 Å². The van der Waals surface area contributed by atoms with Crippen molar-refractivity contribution in [1.82, 2.24) is 29.7 Å². The van der Waals surface area contributed by atoms with Gasteiger partial charge < -0.3 is 19.8 Å². The maximum absolute atomic E-state index is 14.0. The number of piperidine rings is 2. The van der Waals surface area contributed by atoms with Gasteiger partial charge in [0.15, 0.2) is 0 Å². The van der Waals surface area contributed by atoms with Gasteiger partial charge in [-0.3, -0.25) is 9.59 Å². The van der Waals surface area contributed by atoms with E-state index in [1.54, 1.807) is 0 Å². The Bertz CT molecular complexity index is 2330. The van der Waals surface area contributed by atoms with Gasteiger partial charge in [0, 0.05) is 18.0 Å². The van der Waals surface area contributed by atoms with Crippen molar-refractivity contribution in [3.63, 3.8) is 0 Å². The molecule has 8 nitrogen and oxygen atoms in total. The first kappa shape index (κ1) is 31.5. The second kappa shape index (κ2) is 12.2. The van der Waals surface area contributed by atoms with Gasteiger partial charge >= 0.3 is 0 Å². The van der Waals surface area contributed by atoms with Crippen LogP contribution < -0.4 is 0 Å². The second-order valence-electron chi connectivity index (χ2n) is 15.8. The van der Waals surface area contributed by atoms with Crippen LogP contribution in [0.15, 0.2) is 91.0 Å². The molecule has 4 fully saturated rings. The molecule has 2 amide bonds. The number of H-pyrrole nitrogens is 2. The molecule has 2 bridgehead atoms. The number of nitrogens with zero attached hydrogens (tertiary/aromatic N) is 4. The molecule has 52 heavy (non-hydrogen) atoms. The molecular weight excluding hydrogens is 645 g/mol. The van der Waals surface area contributed by atoms with Crippen LogP contribution in [0.1, 0.15) is 94.0 Å². The minimum atomic E-state index is -0.184. The summed E-state index contributed by atoms with van der Waals surface area (Å²) in [6.45, 7) is 4.09. The van der Waals surface area contributed by atoms with Crippen LogP contribution in [-0.2, 0) is 9.59 Å². The molecule has 2 aromatic heterocycles. The summed E-state index contributed by atoms with van der Waals surface area (Å²) in [5, 5.41) is 0. The summed E-state index contributed by atoms with van der Waals surface area (Å²) in [5.74, 6) is 2.65. The van der Waals surface area contributed by atoms with Crippen LogP contribution in [0, 0.1) is 11.8 Å². The number of rotatable bonds is 6. The van der Waals surface area contributed by atoms with Crippen molar-refractivity contribution in [3.05, 3.63) is 108 Å². The lowest BCUT2D eigenvalue weighted by molar-refractivity contribution is -0.141. The third kappa shape index (κ3) is 5.09. The number of nitrogens with one attached hydrogen (secondary N) is 2. The number of amides is 2. The van der Waals surface area contributed by atoms with Crippen molar-refractivity contribution in [3.8, 4) is 22.3 Å². The number of carbonyl (C=O) groups is 2. The lowest BCUT2D eigenvalue weighted by atomic mass is 9.94. The Morgan fingerprint density at radius 1 is 0.712 bits per heavy atom. The SMILES string of the molecule is C[C@H]1CC[C@H]2CC[C@@H](c3nc4ccc(-c5ccc(-c6ccc7nc(C8[C@@H]9CC[C@H](C9)N8C(=O)[C@H](C)c8ccccc8)[nH]c7c6)cc5)cc4[nH]3)N2C1=O. The van der Waals surface area contributed by atoms with E-state index in [1.807, 2.05) is 25.1 Å². The van der Waals surface area contributed by atoms with Crippen LogP contribution in [0.2, 0.25) is 0 Å². The summed E-state index contributed by atoms with van der Waals surface area (Å²) < 4.78 is 0. The van der Waals surface area contributed by atoms with E-state index >= 15 is 0 Å². The topological polar surface area (TPSA) is 98.0 Å². The van der Waals surface area contributed by atoms with Crippen molar-refractivity contribution in [1.29, 1.82) is 0 Å². The first-order valence-electron chi connectivity index (χ1n) is 19.2. The molecule has 3 saturated heterocycles. The predicted octanol–water partition coefficient (Wildman–Crippen LogP) is 9.09. The first-order valence-corrected chi connectivity index (χ1v) is 19.2. The molecule has 10 rings (SSSR count). The zero-order chi connectivity index (χ0) is 35.1. The van der Waals surface area contributed by atoms with E-state index < -0.39 is 0 Å². The number of hydrogen-bond acceptors (Lipinski definition) is 4. The molecule has 1 unspecified atom stereocenters. The largest absolute Gasteiger partial charge is 0.340 e. The quantitative estimate of drug-likeness (QED) is 0.182. The van der Waals surface area contributed by atoms with Crippen LogP contribution in [-0.4, -0.2) is 53.6 Å². The van der Waals surface area contributed by atoms with Crippen LogP contribution in [0.3, 0.4) is 0 Å². The second-order valence-corrected chi connectivity index (χ2v) is 15.8. The Balaban J connectivity index is 0.887. The van der Waals surface area contributed by atoms with Crippen molar-refractivity contribution in [2.45, 2.75) is 88.9 Å². The zero-order valence-electron chi connectivity index (χ0n) is 29.8. The smallest absolute Gasteiger partial charge is 0.230 e. The summed E-state index contributed by atoms with van der Waals surface area (Å²) in [4.78, 5) is 48.6. The highest BCUT2D eigenvalue weighted by atomic mass is 16.2. The highest BCUT2D eigenvalue weighted by Gasteiger charge is 2.50. The van der Waals surface area contributed by atoms with Gasteiger partial charge in [0.2, 0.25) is 11.8 Å². The van der Waals surface area contributed by atoms with Crippen molar-refractivity contribution >= 4 is 33.9 Å². The van der Waals surface area contributed by atoms with Gasteiger partial charge in [-0.1, -0.05) is 73.7 Å². The molecule has 5 heterocycles. The molecule has 4 aromatic carbocycles. The van der Waals surface area contributed by atoms with Crippen LogP contribution in [0.5, 0.6) is 0 Å². The minimum Gasteiger partial charge on any atom is -0.340 e. The molecule has 1 saturated carbocycles. The fraction of sp³-hybridized carbons (Fsp3) is 0.364. The van der Waals surface area contributed by atoms with E-state index in [0.717, 1.165) is 106 Å². The molecule has 6 aromatic rings. The van der Waals surface area contributed by atoms with E-state index in [-0.39, 0.29) is 41.8 Å². The molecule has 4 aliphatic rings. The summed E-state index contributed by atoms with van der Waals surface area (Å²) in [7, 11) is 0. The van der Waals surface area contributed by atoms with E-state index in [2.05, 4.69) is 99.5 Å². The van der Waals surface area contributed by atoms with Gasteiger partial charge in [0.25, 0.3) is 0 Å². The van der Waals surface area contributed by atoms with Crippen LogP contribution >= 0.6 is 0 Å². The third-order valence-corrected chi connectivity index (χ3v) is 12.8. The summed E-state index contributed by atoms with van der Waals surface area (Å²) in [6, 6.07) is 32.3. The summed E-state index contributed by atoms with van der Waals surface area (Å²) in [6.07, 6.45) is 7.39. The van der Waals surface area contributed by atoms with E-state index in [9.17, 15) is 9.59 Å². The third-order valence-electron chi connectivity index (χ3n) is 12.8. The number of aromatic nitrogens is 4. The van der Waals surface area contributed by atoms with Crippen molar-refractivity contribution in [2.75, 3.05) is 0 Å². The van der Waals surface area contributed by atoms with E-state index in [1.165, 1.54) is 0 Å². The van der Waals surface area contributed by atoms with Gasteiger partial charge in [0.1, 0.15) is 11.6 Å². The number of aromatic amines is 2. The number of carbonyl (C=O) groups excluding carboxylic acids is 2. The van der Waals surface area contributed by atoms with Crippen molar-refractivity contribution in [2.24, 2.45) is 11.8 Å². The number of benzene rings is 4. The summed E-state index contributed by atoms with van der Waals surface area (Å²) in [5.41, 5.74) is 9.46. The molecule has 0 radical (unpaired) electrons. The Kier molecular flexibility index (Phi) is 7.38. The minimum absolute atomic E-state index is 0.0122.